The van der Waals surface area contributed by atoms with Crippen LogP contribution in [0.1, 0.15) is 17.5 Å². The second kappa shape index (κ2) is 3.21. The predicted octanol–water partition coefficient (Wildman–Crippen LogP) is 1.18. The Balaban J connectivity index is 2.79. The summed E-state index contributed by atoms with van der Waals surface area (Å²) >= 11 is 0. The minimum atomic E-state index is -1.14. The summed E-state index contributed by atoms with van der Waals surface area (Å²) in [5.41, 5.74) is 0. The zero-order valence-corrected chi connectivity index (χ0v) is 6.48. The summed E-state index contributed by atoms with van der Waals surface area (Å²) in [5.74, 6) is -2.61. The predicted molar refractivity (Wildman–Crippen MR) is 39.8 cm³/mol. The molecule has 4 heteroatoms. The lowest BCUT2D eigenvalue weighted by molar-refractivity contribution is -0.139. The molecule has 0 fully saturated rings. The molecule has 1 N–H and O–H groups in total. The highest BCUT2D eigenvalue weighted by Gasteiger charge is 2.23. The van der Waals surface area contributed by atoms with Gasteiger partial charge in [0.25, 0.3) is 0 Å². The number of carbonyl (C=O) groups excluding carboxylic acids is 1. The van der Waals surface area contributed by atoms with Gasteiger partial charge < -0.3 is 9.52 Å². The normalized spacial score (nSPS) is 12.4. The van der Waals surface area contributed by atoms with Gasteiger partial charge in [0, 0.05) is 0 Å². The molecule has 64 valence electrons. The largest absolute Gasteiger partial charge is 0.481 e. The molecule has 1 atom stereocenters. The molecule has 1 aromatic rings. The molecular weight excluding hydrogens is 160 g/mol. The average molecular weight is 168 g/mol. The van der Waals surface area contributed by atoms with Crippen molar-refractivity contribution < 1.29 is 19.1 Å². The van der Waals surface area contributed by atoms with Crippen molar-refractivity contribution in [1.29, 1.82) is 0 Å². The number of furan rings is 1. The van der Waals surface area contributed by atoms with Crippen LogP contribution < -0.4 is 0 Å². The number of hydrogen-bond acceptors (Lipinski definition) is 3. The molecule has 0 aliphatic heterocycles. The van der Waals surface area contributed by atoms with Gasteiger partial charge in [0.1, 0.15) is 5.92 Å². The zero-order chi connectivity index (χ0) is 9.14. The number of rotatable bonds is 3. The highest BCUT2D eigenvalue weighted by molar-refractivity contribution is 6.06. The van der Waals surface area contributed by atoms with Crippen LogP contribution in [0.15, 0.2) is 22.8 Å². The van der Waals surface area contributed by atoms with Crippen molar-refractivity contribution in [2.75, 3.05) is 0 Å². The first-order valence-electron chi connectivity index (χ1n) is 3.43. The van der Waals surface area contributed by atoms with Crippen LogP contribution in [0.4, 0.5) is 0 Å². The fourth-order valence-corrected chi connectivity index (χ4v) is 0.744. The SMILES string of the molecule is CC(C(=O)O)C(=O)c1ccco1. The van der Waals surface area contributed by atoms with E-state index in [1.807, 2.05) is 0 Å². The van der Waals surface area contributed by atoms with E-state index in [0.29, 0.717) is 0 Å². The summed E-state index contributed by atoms with van der Waals surface area (Å²) in [6, 6.07) is 2.99. The Morgan fingerprint density at radius 2 is 2.25 bits per heavy atom. The number of ketones is 1. The Morgan fingerprint density at radius 3 is 2.67 bits per heavy atom. The number of carbonyl (C=O) groups is 2. The third kappa shape index (κ3) is 1.53. The molecule has 0 bridgehead atoms. The lowest BCUT2D eigenvalue weighted by Gasteiger charge is -2.00. The molecule has 0 spiro atoms. The first-order valence-corrected chi connectivity index (χ1v) is 3.43. The molecule has 1 unspecified atom stereocenters. The lowest BCUT2D eigenvalue weighted by Crippen LogP contribution is -2.19. The molecule has 0 radical (unpaired) electrons. The van der Waals surface area contributed by atoms with Crippen LogP contribution in [0, 0.1) is 5.92 Å². The van der Waals surface area contributed by atoms with E-state index >= 15 is 0 Å². The van der Waals surface area contributed by atoms with E-state index in [1.165, 1.54) is 19.3 Å². The zero-order valence-electron chi connectivity index (χ0n) is 6.48. The van der Waals surface area contributed by atoms with Crippen LogP contribution >= 0.6 is 0 Å². The van der Waals surface area contributed by atoms with Gasteiger partial charge in [-0.15, -0.1) is 0 Å². The van der Waals surface area contributed by atoms with Crippen LogP contribution in [-0.2, 0) is 4.79 Å². The molecule has 12 heavy (non-hydrogen) atoms. The number of carboxylic acid groups (broad SMARTS) is 1. The van der Waals surface area contributed by atoms with E-state index in [2.05, 4.69) is 0 Å². The van der Waals surface area contributed by atoms with Gasteiger partial charge >= 0.3 is 5.97 Å². The van der Waals surface area contributed by atoms with Crippen LogP contribution in [-0.4, -0.2) is 16.9 Å². The summed E-state index contributed by atoms with van der Waals surface area (Å²) in [6.45, 7) is 1.33. The lowest BCUT2D eigenvalue weighted by atomic mass is 10.1. The number of aliphatic carboxylic acids is 1. The van der Waals surface area contributed by atoms with E-state index in [4.69, 9.17) is 9.52 Å². The standard InChI is InChI=1S/C8H8O4/c1-5(8(10)11)7(9)6-3-2-4-12-6/h2-5H,1H3,(H,10,11). The minimum Gasteiger partial charge on any atom is -0.481 e. The Kier molecular flexibility index (Phi) is 2.28. The number of hydrogen-bond donors (Lipinski definition) is 1. The third-order valence-electron chi connectivity index (χ3n) is 1.53. The van der Waals surface area contributed by atoms with Crippen LogP contribution in [0.3, 0.4) is 0 Å². The maximum Gasteiger partial charge on any atom is 0.314 e. The van der Waals surface area contributed by atoms with Crippen LogP contribution in [0.5, 0.6) is 0 Å². The highest BCUT2D eigenvalue weighted by atomic mass is 16.4. The Hall–Kier alpha value is -1.58. The molecule has 0 aromatic carbocycles. The molecule has 0 aliphatic rings. The van der Waals surface area contributed by atoms with Crippen LogP contribution in [0.25, 0.3) is 0 Å². The van der Waals surface area contributed by atoms with Crippen molar-refractivity contribution in [3.05, 3.63) is 24.2 Å². The van der Waals surface area contributed by atoms with E-state index in [9.17, 15) is 9.59 Å². The van der Waals surface area contributed by atoms with Crippen molar-refractivity contribution in [2.24, 2.45) is 5.92 Å². The topological polar surface area (TPSA) is 67.5 Å². The molecule has 0 aliphatic carbocycles. The summed E-state index contributed by atoms with van der Waals surface area (Å²) < 4.78 is 4.75. The smallest absolute Gasteiger partial charge is 0.314 e. The summed E-state index contributed by atoms with van der Waals surface area (Å²) in [5, 5.41) is 8.49. The van der Waals surface area contributed by atoms with Gasteiger partial charge in [0.05, 0.1) is 6.26 Å². The highest BCUT2D eigenvalue weighted by Crippen LogP contribution is 2.08. The van der Waals surface area contributed by atoms with Gasteiger partial charge in [0.2, 0.25) is 5.78 Å². The van der Waals surface area contributed by atoms with E-state index < -0.39 is 17.7 Å². The van der Waals surface area contributed by atoms with Gasteiger partial charge in [-0.2, -0.15) is 0 Å². The second-order valence-corrected chi connectivity index (χ2v) is 2.40. The van der Waals surface area contributed by atoms with Gasteiger partial charge in [-0.1, -0.05) is 0 Å². The second-order valence-electron chi connectivity index (χ2n) is 2.40. The summed E-state index contributed by atoms with van der Waals surface area (Å²) in [7, 11) is 0. The van der Waals surface area contributed by atoms with Gasteiger partial charge in [-0.25, -0.2) is 0 Å². The van der Waals surface area contributed by atoms with E-state index in [1.54, 1.807) is 6.07 Å². The first-order chi connectivity index (χ1) is 5.63. The molecule has 1 aromatic heterocycles. The minimum absolute atomic E-state index is 0.0879. The molecular formula is C8H8O4. The number of carboxylic acids is 1. The van der Waals surface area contributed by atoms with Crippen molar-refractivity contribution in [3.8, 4) is 0 Å². The van der Waals surface area contributed by atoms with Crippen molar-refractivity contribution >= 4 is 11.8 Å². The average Bonchev–Trinajstić information content (AvgIpc) is 2.53. The van der Waals surface area contributed by atoms with Crippen molar-refractivity contribution in [2.45, 2.75) is 6.92 Å². The Bertz CT molecular complexity index is 286. The van der Waals surface area contributed by atoms with Gasteiger partial charge in [-0.05, 0) is 19.1 Å². The van der Waals surface area contributed by atoms with E-state index in [-0.39, 0.29) is 5.76 Å². The number of Topliss-reactive ketones (excluding diaryl/α,β-unsaturated/α-hetero) is 1. The fraction of sp³-hybridized carbons (Fsp3) is 0.250. The molecule has 1 rings (SSSR count). The Morgan fingerprint density at radius 1 is 1.58 bits per heavy atom. The first kappa shape index (κ1) is 8.52. The van der Waals surface area contributed by atoms with Gasteiger partial charge in [0.15, 0.2) is 5.76 Å². The van der Waals surface area contributed by atoms with Crippen molar-refractivity contribution in [1.82, 2.24) is 0 Å². The molecule has 0 saturated heterocycles. The summed E-state index contributed by atoms with van der Waals surface area (Å²) in [4.78, 5) is 21.5. The van der Waals surface area contributed by atoms with E-state index in [0.717, 1.165) is 0 Å². The fourth-order valence-electron chi connectivity index (χ4n) is 0.744. The third-order valence-corrected chi connectivity index (χ3v) is 1.53. The quantitative estimate of drug-likeness (QED) is 0.543. The Labute approximate surface area is 68.8 Å². The molecule has 0 amide bonds. The monoisotopic (exact) mass is 168 g/mol. The van der Waals surface area contributed by atoms with Gasteiger partial charge in [-0.3, -0.25) is 9.59 Å². The molecule has 1 heterocycles. The maximum absolute atomic E-state index is 11.2. The molecule has 0 saturated carbocycles. The van der Waals surface area contributed by atoms with Crippen molar-refractivity contribution in [3.63, 3.8) is 0 Å². The summed E-state index contributed by atoms with van der Waals surface area (Å²) in [6.07, 6.45) is 1.34. The maximum atomic E-state index is 11.2. The van der Waals surface area contributed by atoms with Crippen LogP contribution in [0.2, 0.25) is 0 Å². The molecule has 4 nitrogen and oxygen atoms in total.